The van der Waals surface area contributed by atoms with E-state index in [0.717, 1.165) is 24.3 Å². The summed E-state index contributed by atoms with van der Waals surface area (Å²) < 4.78 is 5.80. The standard InChI is InChI=1S/C30H24Cl3N3O3/c31-22-3-1-20(2-4-22)30(38)36-15-13-35(14-16-36)26-7-5-25(6-8-26)34-29(37)12-10-27-9-11-28(39-27)21-17-23(32)19-24(33)18-21/h1-12,17-19H,13-16H2,(H,34,37)/b12-10+. The molecule has 1 aliphatic rings. The van der Waals surface area contributed by atoms with Crippen molar-refractivity contribution in [2.75, 3.05) is 36.4 Å². The van der Waals surface area contributed by atoms with Crippen molar-refractivity contribution >= 4 is 64.1 Å². The minimum atomic E-state index is -0.277. The third-order valence-corrected chi connectivity index (χ3v) is 7.02. The van der Waals surface area contributed by atoms with Crippen LogP contribution in [0.25, 0.3) is 17.4 Å². The summed E-state index contributed by atoms with van der Waals surface area (Å²) in [6, 6.07) is 23.4. The van der Waals surface area contributed by atoms with Gasteiger partial charge in [0.2, 0.25) is 5.91 Å². The number of piperazine rings is 1. The fraction of sp³-hybridized carbons (Fsp3) is 0.133. The predicted octanol–water partition coefficient (Wildman–Crippen LogP) is 7.52. The highest BCUT2D eigenvalue weighted by Crippen LogP contribution is 2.29. The van der Waals surface area contributed by atoms with Gasteiger partial charge in [-0.1, -0.05) is 34.8 Å². The monoisotopic (exact) mass is 579 g/mol. The Balaban J connectivity index is 1.13. The Bertz CT molecular complexity index is 1490. The van der Waals surface area contributed by atoms with Crippen molar-refractivity contribution in [3.63, 3.8) is 0 Å². The maximum Gasteiger partial charge on any atom is 0.253 e. The molecule has 1 fully saturated rings. The fourth-order valence-corrected chi connectivity index (χ4v) is 4.99. The van der Waals surface area contributed by atoms with Crippen LogP contribution < -0.4 is 10.2 Å². The molecule has 1 aromatic heterocycles. The van der Waals surface area contributed by atoms with Crippen LogP contribution in [0.2, 0.25) is 15.1 Å². The van der Waals surface area contributed by atoms with E-state index in [0.29, 0.717) is 50.9 Å². The highest BCUT2D eigenvalue weighted by atomic mass is 35.5. The molecule has 0 bridgehead atoms. The molecular formula is C30H24Cl3N3O3. The molecular weight excluding hydrogens is 557 g/mol. The van der Waals surface area contributed by atoms with Gasteiger partial charge in [-0.3, -0.25) is 9.59 Å². The largest absolute Gasteiger partial charge is 0.457 e. The summed E-state index contributed by atoms with van der Waals surface area (Å²) in [5.41, 5.74) is 3.11. The van der Waals surface area contributed by atoms with E-state index in [9.17, 15) is 9.59 Å². The molecule has 198 valence electrons. The van der Waals surface area contributed by atoms with Crippen molar-refractivity contribution < 1.29 is 14.0 Å². The number of carbonyl (C=O) groups excluding carboxylic acids is 2. The molecule has 1 N–H and O–H groups in total. The molecule has 9 heteroatoms. The summed E-state index contributed by atoms with van der Waals surface area (Å²) in [5.74, 6) is 0.864. The zero-order valence-corrected chi connectivity index (χ0v) is 23.0. The number of anilines is 2. The normalized spacial score (nSPS) is 13.6. The lowest BCUT2D eigenvalue weighted by Gasteiger charge is -2.36. The highest BCUT2D eigenvalue weighted by molar-refractivity contribution is 6.35. The number of halogens is 3. The molecule has 3 aromatic carbocycles. The average molecular weight is 581 g/mol. The van der Waals surface area contributed by atoms with Gasteiger partial charge in [-0.05, 0) is 84.9 Å². The Morgan fingerprint density at radius 1 is 0.769 bits per heavy atom. The van der Waals surface area contributed by atoms with E-state index in [1.165, 1.54) is 6.08 Å². The minimum absolute atomic E-state index is 0.0112. The van der Waals surface area contributed by atoms with Gasteiger partial charge in [0.05, 0.1) is 0 Å². The molecule has 2 amide bonds. The number of hydrogen-bond donors (Lipinski definition) is 1. The minimum Gasteiger partial charge on any atom is -0.457 e. The number of rotatable bonds is 6. The van der Waals surface area contributed by atoms with E-state index in [4.69, 9.17) is 39.2 Å². The number of nitrogens with one attached hydrogen (secondary N) is 1. The summed E-state index contributed by atoms with van der Waals surface area (Å²) in [6.07, 6.45) is 3.02. The zero-order valence-electron chi connectivity index (χ0n) is 20.7. The third kappa shape index (κ3) is 6.84. The summed E-state index contributed by atoms with van der Waals surface area (Å²) in [6.45, 7) is 2.70. The van der Waals surface area contributed by atoms with E-state index in [-0.39, 0.29) is 11.8 Å². The summed E-state index contributed by atoms with van der Waals surface area (Å²) >= 11 is 18.1. The van der Waals surface area contributed by atoms with E-state index in [1.807, 2.05) is 29.2 Å². The predicted molar refractivity (Wildman–Crippen MR) is 158 cm³/mol. The Hall–Kier alpha value is -3.71. The molecule has 6 nitrogen and oxygen atoms in total. The zero-order chi connectivity index (χ0) is 27.4. The van der Waals surface area contributed by atoms with Gasteiger partial charge in [0.1, 0.15) is 11.5 Å². The van der Waals surface area contributed by atoms with Gasteiger partial charge in [-0.25, -0.2) is 0 Å². The van der Waals surface area contributed by atoms with Crippen LogP contribution in [0.3, 0.4) is 0 Å². The molecule has 0 aliphatic carbocycles. The molecule has 0 unspecified atom stereocenters. The fourth-order valence-electron chi connectivity index (χ4n) is 4.33. The van der Waals surface area contributed by atoms with Crippen LogP contribution in [-0.4, -0.2) is 42.9 Å². The van der Waals surface area contributed by atoms with Crippen LogP contribution in [0.15, 0.2) is 89.4 Å². The van der Waals surface area contributed by atoms with Crippen molar-refractivity contribution in [3.8, 4) is 11.3 Å². The van der Waals surface area contributed by atoms with Crippen molar-refractivity contribution in [1.82, 2.24) is 4.90 Å². The van der Waals surface area contributed by atoms with Gasteiger partial charge in [-0.2, -0.15) is 0 Å². The molecule has 4 aromatic rings. The molecule has 1 aliphatic heterocycles. The van der Waals surface area contributed by atoms with Gasteiger partial charge < -0.3 is 19.5 Å². The van der Waals surface area contributed by atoms with Gasteiger partial charge >= 0.3 is 0 Å². The first-order valence-electron chi connectivity index (χ1n) is 12.3. The number of benzene rings is 3. The SMILES string of the molecule is O=C(/C=C/c1ccc(-c2cc(Cl)cc(Cl)c2)o1)Nc1ccc(N2CCN(C(=O)c3ccc(Cl)cc3)CC2)cc1. The summed E-state index contributed by atoms with van der Waals surface area (Å²) in [7, 11) is 0. The van der Waals surface area contributed by atoms with Crippen LogP contribution in [0.4, 0.5) is 11.4 Å². The van der Waals surface area contributed by atoms with Crippen molar-refractivity contribution in [2.45, 2.75) is 0 Å². The second kappa shape index (κ2) is 12.0. The maximum atomic E-state index is 12.7. The molecule has 39 heavy (non-hydrogen) atoms. The van der Waals surface area contributed by atoms with Crippen LogP contribution in [0.5, 0.6) is 0 Å². The molecule has 0 spiro atoms. The first-order valence-corrected chi connectivity index (χ1v) is 13.4. The first kappa shape index (κ1) is 26.9. The van der Waals surface area contributed by atoms with E-state index < -0.39 is 0 Å². The lowest BCUT2D eigenvalue weighted by atomic mass is 10.1. The Labute approximate surface area is 241 Å². The maximum absolute atomic E-state index is 12.7. The van der Waals surface area contributed by atoms with Crippen LogP contribution >= 0.6 is 34.8 Å². The lowest BCUT2D eigenvalue weighted by molar-refractivity contribution is -0.111. The third-order valence-electron chi connectivity index (χ3n) is 6.33. The molecule has 0 atom stereocenters. The Kier molecular flexibility index (Phi) is 8.27. The number of furan rings is 1. The van der Waals surface area contributed by atoms with Crippen molar-refractivity contribution in [1.29, 1.82) is 0 Å². The first-order chi connectivity index (χ1) is 18.8. The number of carbonyl (C=O) groups is 2. The molecule has 0 radical (unpaired) electrons. The molecule has 2 heterocycles. The van der Waals surface area contributed by atoms with Gasteiger partial charge in [0.25, 0.3) is 5.91 Å². The summed E-state index contributed by atoms with van der Waals surface area (Å²) in [4.78, 5) is 29.3. The number of hydrogen-bond acceptors (Lipinski definition) is 4. The second-order valence-corrected chi connectivity index (χ2v) is 10.3. The van der Waals surface area contributed by atoms with Crippen LogP contribution in [-0.2, 0) is 4.79 Å². The molecule has 0 saturated carbocycles. The van der Waals surface area contributed by atoms with Crippen LogP contribution in [0, 0.1) is 0 Å². The quantitative estimate of drug-likeness (QED) is 0.240. The van der Waals surface area contributed by atoms with E-state index >= 15 is 0 Å². The number of nitrogens with zero attached hydrogens (tertiary/aromatic N) is 2. The highest BCUT2D eigenvalue weighted by Gasteiger charge is 2.22. The van der Waals surface area contributed by atoms with Gasteiger partial charge in [0, 0.05) is 69.8 Å². The van der Waals surface area contributed by atoms with E-state index in [2.05, 4.69) is 10.2 Å². The van der Waals surface area contributed by atoms with Crippen molar-refractivity contribution in [3.05, 3.63) is 111 Å². The number of amides is 2. The Morgan fingerprint density at radius 3 is 2.10 bits per heavy atom. The molecule has 1 saturated heterocycles. The topological polar surface area (TPSA) is 65.8 Å². The second-order valence-electron chi connectivity index (χ2n) is 9.02. The smallest absolute Gasteiger partial charge is 0.253 e. The van der Waals surface area contributed by atoms with Crippen LogP contribution in [0.1, 0.15) is 16.1 Å². The van der Waals surface area contributed by atoms with E-state index in [1.54, 1.807) is 60.7 Å². The van der Waals surface area contributed by atoms with Gasteiger partial charge in [0.15, 0.2) is 0 Å². The Morgan fingerprint density at radius 2 is 1.44 bits per heavy atom. The molecule has 5 rings (SSSR count). The average Bonchev–Trinajstić information content (AvgIpc) is 3.41. The van der Waals surface area contributed by atoms with Crippen molar-refractivity contribution in [2.24, 2.45) is 0 Å². The summed E-state index contributed by atoms with van der Waals surface area (Å²) in [5, 5.41) is 4.50. The van der Waals surface area contributed by atoms with Gasteiger partial charge in [-0.15, -0.1) is 0 Å². The lowest BCUT2D eigenvalue weighted by Crippen LogP contribution is -2.48.